The fourth-order valence-electron chi connectivity index (χ4n) is 5.25. The summed E-state index contributed by atoms with van der Waals surface area (Å²) in [6.45, 7) is -0.305. The van der Waals surface area contributed by atoms with Gasteiger partial charge in [-0.05, 0) is 49.1 Å². The molecule has 5 rings (SSSR count). The first-order valence-electron chi connectivity index (χ1n) is 10.6. The van der Waals surface area contributed by atoms with Crippen molar-refractivity contribution in [2.24, 2.45) is 17.8 Å². The van der Waals surface area contributed by atoms with Crippen LogP contribution < -0.4 is 10.1 Å². The molecule has 1 N–H and O–H groups in total. The number of nitrogens with one attached hydrogen (secondary N) is 1. The van der Waals surface area contributed by atoms with Crippen LogP contribution in [0.3, 0.4) is 0 Å². The average molecular weight is 407 g/mol. The summed E-state index contributed by atoms with van der Waals surface area (Å²) in [5, 5.41) is 4.67. The van der Waals surface area contributed by atoms with Crippen molar-refractivity contribution < 1.29 is 23.5 Å². The molecule has 0 aliphatic heterocycles. The topological polar surface area (TPSA) is 77.8 Å². The zero-order valence-electron chi connectivity index (χ0n) is 17.0. The summed E-state index contributed by atoms with van der Waals surface area (Å²) in [5.41, 5.74) is 1.91. The lowest BCUT2D eigenvalue weighted by molar-refractivity contribution is -0.148. The van der Waals surface area contributed by atoms with Gasteiger partial charge < -0.3 is 19.2 Å². The summed E-state index contributed by atoms with van der Waals surface area (Å²) in [6, 6.07) is 11.3. The lowest BCUT2D eigenvalue weighted by Crippen LogP contribution is -2.23. The van der Waals surface area contributed by atoms with E-state index in [0.29, 0.717) is 35.3 Å². The van der Waals surface area contributed by atoms with Gasteiger partial charge in [0.15, 0.2) is 6.61 Å². The third-order valence-electron chi connectivity index (χ3n) is 6.65. The maximum Gasteiger partial charge on any atom is 0.306 e. The van der Waals surface area contributed by atoms with Crippen LogP contribution in [0.2, 0.25) is 0 Å². The molecular formula is C24H25NO5. The molecule has 2 aliphatic rings. The summed E-state index contributed by atoms with van der Waals surface area (Å²) in [5.74, 6) is 1.71. The zero-order valence-corrected chi connectivity index (χ0v) is 17.0. The van der Waals surface area contributed by atoms with Crippen molar-refractivity contribution in [1.82, 2.24) is 0 Å². The van der Waals surface area contributed by atoms with Crippen LogP contribution in [-0.4, -0.2) is 25.6 Å². The van der Waals surface area contributed by atoms with Crippen LogP contribution in [0.15, 0.2) is 40.8 Å². The third kappa shape index (κ3) is 3.51. The summed E-state index contributed by atoms with van der Waals surface area (Å²) >= 11 is 0. The lowest BCUT2D eigenvalue weighted by Gasteiger charge is -2.20. The molecule has 6 nitrogen and oxygen atoms in total. The van der Waals surface area contributed by atoms with E-state index in [-0.39, 0.29) is 12.6 Å². The van der Waals surface area contributed by atoms with Gasteiger partial charge in [0.05, 0.1) is 12.8 Å². The number of amides is 1. The van der Waals surface area contributed by atoms with Gasteiger partial charge in [-0.15, -0.1) is 0 Å². The molecule has 1 aromatic heterocycles. The summed E-state index contributed by atoms with van der Waals surface area (Å²) in [4.78, 5) is 24.6. The van der Waals surface area contributed by atoms with E-state index in [1.807, 2.05) is 30.3 Å². The lowest BCUT2D eigenvalue weighted by atomic mass is 9.86. The van der Waals surface area contributed by atoms with Gasteiger partial charge in [0.1, 0.15) is 16.9 Å². The number of anilines is 1. The molecule has 2 fully saturated rings. The predicted molar refractivity (Wildman–Crippen MR) is 113 cm³/mol. The van der Waals surface area contributed by atoms with Crippen molar-refractivity contribution in [3.05, 3.63) is 36.4 Å². The van der Waals surface area contributed by atoms with Crippen LogP contribution in [0.4, 0.5) is 5.69 Å². The van der Waals surface area contributed by atoms with Gasteiger partial charge in [-0.3, -0.25) is 9.59 Å². The van der Waals surface area contributed by atoms with E-state index in [9.17, 15) is 9.59 Å². The van der Waals surface area contributed by atoms with Crippen LogP contribution in [-0.2, 0) is 14.3 Å². The maximum atomic E-state index is 12.4. The van der Waals surface area contributed by atoms with E-state index in [1.165, 1.54) is 19.3 Å². The van der Waals surface area contributed by atoms with Crippen LogP contribution in [0.25, 0.3) is 21.9 Å². The second-order valence-corrected chi connectivity index (χ2v) is 8.49. The Morgan fingerprint density at radius 1 is 1.10 bits per heavy atom. The molecule has 156 valence electrons. The molecule has 0 unspecified atom stereocenters. The zero-order chi connectivity index (χ0) is 20.7. The van der Waals surface area contributed by atoms with E-state index in [4.69, 9.17) is 13.9 Å². The Bertz CT molecular complexity index is 1120. The van der Waals surface area contributed by atoms with Gasteiger partial charge in [0, 0.05) is 23.3 Å². The molecule has 0 radical (unpaired) electrons. The molecule has 2 saturated carbocycles. The minimum absolute atomic E-state index is 0.289. The predicted octanol–water partition coefficient (Wildman–Crippen LogP) is 4.90. The molecule has 6 heteroatoms. The first-order valence-corrected chi connectivity index (χ1v) is 10.6. The number of esters is 1. The van der Waals surface area contributed by atoms with E-state index < -0.39 is 5.91 Å². The minimum atomic E-state index is -0.398. The smallest absolute Gasteiger partial charge is 0.306 e. The van der Waals surface area contributed by atoms with Crippen LogP contribution in [0.1, 0.15) is 32.1 Å². The van der Waals surface area contributed by atoms with Crippen LogP contribution in [0, 0.1) is 17.8 Å². The fourth-order valence-corrected chi connectivity index (χ4v) is 5.25. The fraction of sp³-hybridized carbons (Fsp3) is 0.417. The van der Waals surface area contributed by atoms with Crippen molar-refractivity contribution in [3.8, 4) is 5.75 Å². The van der Waals surface area contributed by atoms with Gasteiger partial charge in [-0.25, -0.2) is 0 Å². The average Bonchev–Trinajstić information content (AvgIpc) is 3.45. The molecule has 30 heavy (non-hydrogen) atoms. The van der Waals surface area contributed by atoms with Crippen molar-refractivity contribution in [2.75, 3.05) is 19.0 Å². The Labute approximate surface area is 174 Å². The number of para-hydroxylation sites is 1. The van der Waals surface area contributed by atoms with Crippen LogP contribution in [0.5, 0.6) is 5.75 Å². The molecule has 0 saturated heterocycles. The number of methoxy groups -OCH3 is 1. The highest BCUT2D eigenvalue weighted by molar-refractivity contribution is 6.07. The summed E-state index contributed by atoms with van der Waals surface area (Å²) in [7, 11) is 1.55. The number of carbonyl (C=O) groups is 2. The molecule has 2 aliphatic carbocycles. The van der Waals surface area contributed by atoms with Crippen molar-refractivity contribution >= 4 is 39.5 Å². The summed E-state index contributed by atoms with van der Waals surface area (Å²) < 4.78 is 16.6. The highest BCUT2D eigenvalue weighted by atomic mass is 16.5. The second kappa shape index (κ2) is 7.67. The maximum absolute atomic E-state index is 12.4. The van der Waals surface area contributed by atoms with Gasteiger partial charge in [0.25, 0.3) is 5.91 Å². The Hall–Kier alpha value is -3.02. The van der Waals surface area contributed by atoms with Gasteiger partial charge in [0.2, 0.25) is 0 Å². The molecule has 3 aromatic rings. The Morgan fingerprint density at radius 2 is 1.97 bits per heavy atom. The summed E-state index contributed by atoms with van der Waals surface area (Å²) in [6.07, 6.45) is 5.33. The Kier molecular flexibility index (Phi) is 4.85. The highest BCUT2D eigenvalue weighted by Gasteiger charge is 2.40. The minimum Gasteiger partial charge on any atom is -0.495 e. The van der Waals surface area contributed by atoms with Crippen molar-refractivity contribution in [2.45, 2.75) is 32.1 Å². The van der Waals surface area contributed by atoms with E-state index in [2.05, 4.69) is 5.32 Å². The molecule has 0 spiro atoms. The second-order valence-electron chi connectivity index (χ2n) is 8.49. The molecule has 3 atom stereocenters. The number of furan rings is 1. The third-order valence-corrected chi connectivity index (χ3v) is 6.65. The number of rotatable bonds is 6. The van der Waals surface area contributed by atoms with Gasteiger partial charge >= 0.3 is 5.97 Å². The van der Waals surface area contributed by atoms with E-state index in [1.54, 1.807) is 13.2 Å². The molecule has 1 amide bonds. The largest absolute Gasteiger partial charge is 0.495 e. The molecular weight excluding hydrogens is 382 g/mol. The van der Waals surface area contributed by atoms with E-state index >= 15 is 0 Å². The van der Waals surface area contributed by atoms with E-state index in [0.717, 1.165) is 28.7 Å². The standard InChI is InChI=1S/C24H25NO5/c1-28-22-11-18-17-4-2-3-5-20(17)30-21(18)12-19(22)25-23(26)13-29-24(27)10-16-9-14-6-7-15(16)8-14/h2-5,11-12,14-16H,6-10,13H2,1H3,(H,25,26)/t14-,15-,16+/m1/s1. The molecule has 2 bridgehead atoms. The monoisotopic (exact) mass is 407 g/mol. The number of fused-ring (bicyclic) bond motifs is 5. The van der Waals surface area contributed by atoms with Crippen molar-refractivity contribution in [1.29, 1.82) is 0 Å². The first-order chi connectivity index (χ1) is 14.6. The number of ether oxygens (including phenoxy) is 2. The SMILES string of the molecule is COc1cc2c(cc1NC(=O)COC(=O)C[C@@H]1C[C@@H]3CC[C@@H]1C3)oc1ccccc12. The Balaban J connectivity index is 1.23. The Morgan fingerprint density at radius 3 is 2.73 bits per heavy atom. The highest BCUT2D eigenvalue weighted by Crippen LogP contribution is 2.49. The molecule has 2 aromatic carbocycles. The number of hydrogen-bond acceptors (Lipinski definition) is 5. The number of hydrogen-bond donors (Lipinski definition) is 1. The van der Waals surface area contributed by atoms with Crippen molar-refractivity contribution in [3.63, 3.8) is 0 Å². The normalized spacial score (nSPS) is 22.5. The molecule has 1 heterocycles. The van der Waals surface area contributed by atoms with Gasteiger partial charge in [-0.2, -0.15) is 0 Å². The van der Waals surface area contributed by atoms with Gasteiger partial charge in [-0.1, -0.05) is 24.6 Å². The first kappa shape index (κ1) is 19.0. The number of carbonyl (C=O) groups excluding carboxylic acids is 2. The quantitative estimate of drug-likeness (QED) is 0.588. The number of benzene rings is 2. The van der Waals surface area contributed by atoms with Crippen LogP contribution >= 0.6 is 0 Å².